The Morgan fingerprint density at radius 1 is 0.871 bits per heavy atom. The van der Waals surface area contributed by atoms with Crippen molar-refractivity contribution in [2.75, 3.05) is 5.32 Å². The highest BCUT2D eigenvalue weighted by atomic mass is 35.5. The average Bonchev–Trinajstić information content (AvgIpc) is 2.74. The van der Waals surface area contributed by atoms with Gasteiger partial charge in [-0.3, -0.25) is 9.59 Å². The van der Waals surface area contributed by atoms with Gasteiger partial charge in [0.15, 0.2) is 0 Å². The summed E-state index contributed by atoms with van der Waals surface area (Å²) in [6.45, 7) is 6.38. The first-order chi connectivity index (χ1) is 14.7. The summed E-state index contributed by atoms with van der Waals surface area (Å²) in [7, 11) is 0. The third-order valence-electron chi connectivity index (χ3n) is 4.65. The van der Waals surface area contributed by atoms with Crippen molar-refractivity contribution in [2.45, 2.75) is 26.2 Å². The minimum Gasteiger partial charge on any atom is -0.322 e. The van der Waals surface area contributed by atoms with Crippen LogP contribution in [0.3, 0.4) is 0 Å². The van der Waals surface area contributed by atoms with Gasteiger partial charge in [-0.15, -0.1) is 0 Å². The maximum absolute atomic E-state index is 12.5. The summed E-state index contributed by atoms with van der Waals surface area (Å²) < 4.78 is 0. The molecule has 0 saturated carbocycles. The van der Waals surface area contributed by atoms with Crippen molar-refractivity contribution in [1.82, 2.24) is 5.43 Å². The van der Waals surface area contributed by atoms with E-state index in [9.17, 15) is 9.59 Å². The Hall–Kier alpha value is -3.44. The summed E-state index contributed by atoms with van der Waals surface area (Å²) in [5.74, 6) is -0.558. The molecule has 2 amide bonds. The SMILES string of the molecule is CC(C)(C)c1ccc(C(=O)Nc2ccc(C(=O)NN=Cc3cccc(Cl)c3)cc2)cc1. The van der Waals surface area contributed by atoms with Crippen molar-refractivity contribution in [3.63, 3.8) is 0 Å². The van der Waals surface area contributed by atoms with E-state index in [2.05, 4.69) is 36.6 Å². The lowest BCUT2D eigenvalue weighted by molar-refractivity contribution is 0.0954. The topological polar surface area (TPSA) is 70.6 Å². The maximum Gasteiger partial charge on any atom is 0.271 e. The lowest BCUT2D eigenvalue weighted by Gasteiger charge is -2.19. The number of carbonyl (C=O) groups is 2. The standard InChI is InChI=1S/C25H24ClN3O2/c1-25(2,3)20-11-7-18(8-12-20)23(30)28-22-13-9-19(10-14-22)24(31)29-27-16-17-5-4-6-21(26)15-17/h4-16H,1-3H3,(H,28,30)(H,29,31). The summed E-state index contributed by atoms with van der Waals surface area (Å²) in [6, 6.07) is 21.3. The predicted octanol–water partition coefficient (Wildman–Crippen LogP) is 5.65. The van der Waals surface area contributed by atoms with Crippen molar-refractivity contribution in [3.8, 4) is 0 Å². The summed E-state index contributed by atoms with van der Waals surface area (Å²) in [5, 5.41) is 7.38. The molecule has 158 valence electrons. The van der Waals surface area contributed by atoms with Crippen LogP contribution < -0.4 is 10.7 Å². The van der Waals surface area contributed by atoms with Crippen molar-refractivity contribution < 1.29 is 9.59 Å². The number of halogens is 1. The quantitative estimate of drug-likeness (QED) is 0.403. The molecular weight excluding hydrogens is 410 g/mol. The summed E-state index contributed by atoms with van der Waals surface area (Å²) in [4.78, 5) is 24.7. The number of benzene rings is 3. The third kappa shape index (κ3) is 6.27. The monoisotopic (exact) mass is 433 g/mol. The number of anilines is 1. The molecule has 6 heteroatoms. The normalized spacial score (nSPS) is 11.4. The smallest absolute Gasteiger partial charge is 0.271 e. The number of rotatable bonds is 5. The molecule has 0 unspecified atom stereocenters. The maximum atomic E-state index is 12.5. The fourth-order valence-corrected chi connectivity index (χ4v) is 3.05. The Bertz CT molecular complexity index is 1100. The second-order valence-electron chi connectivity index (χ2n) is 8.11. The first-order valence-electron chi connectivity index (χ1n) is 9.83. The Morgan fingerprint density at radius 2 is 1.48 bits per heavy atom. The minimum atomic E-state index is -0.353. The van der Waals surface area contributed by atoms with Crippen LogP contribution in [0.5, 0.6) is 0 Å². The number of carbonyl (C=O) groups excluding carboxylic acids is 2. The van der Waals surface area contributed by atoms with Crippen LogP contribution in [0.1, 0.15) is 52.6 Å². The molecule has 0 saturated heterocycles. The van der Waals surface area contributed by atoms with Crippen LogP contribution in [0.25, 0.3) is 0 Å². The number of nitrogens with zero attached hydrogens (tertiary/aromatic N) is 1. The molecule has 0 radical (unpaired) electrons. The molecule has 5 nitrogen and oxygen atoms in total. The van der Waals surface area contributed by atoms with Crippen molar-refractivity contribution in [2.24, 2.45) is 5.10 Å². The molecule has 0 aliphatic heterocycles. The lowest BCUT2D eigenvalue weighted by atomic mass is 9.87. The summed E-state index contributed by atoms with van der Waals surface area (Å²) in [5.41, 5.74) is 6.05. The molecule has 31 heavy (non-hydrogen) atoms. The van der Waals surface area contributed by atoms with E-state index < -0.39 is 0 Å². The zero-order valence-electron chi connectivity index (χ0n) is 17.6. The van der Waals surface area contributed by atoms with Crippen LogP contribution in [-0.4, -0.2) is 18.0 Å². The van der Waals surface area contributed by atoms with Gasteiger partial charge in [-0.1, -0.05) is 56.6 Å². The van der Waals surface area contributed by atoms with E-state index >= 15 is 0 Å². The highest BCUT2D eigenvalue weighted by molar-refractivity contribution is 6.30. The molecule has 0 heterocycles. The molecule has 0 atom stereocenters. The Kier molecular flexibility index (Phi) is 6.88. The Labute approximate surface area is 187 Å². The van der Waals surface area contributed by atoms with E-state index in [-0.39, 0.29) is 17.2 Å². The van der Waals surface area contributed by atoms with Gasteiger partial charge in [0.2, 0.25) is 0 Å². The second-order valence-corrected chi connectivity index (χ2v) is 8.55. The first-order valence-corrected chi connectivity index (χ1v) is 10.2. The van der Waals surface area contributed by atoms with Gasteiger partial charge in [0, 0.05) is 21.8 Å². The van der Waals surface area contributed by atoms with Crippen LogP contribution >= 0.6 is 11.6 Å². The van der Waals surface area contributed by atoms with Crippen LogP contribution in [0.2, 0.25) is 5.02 Å². The van der Waals surface area contributed by atoms with Gasteiger partial charge in [0.1, 0.15) is 0 Å². The third-order valence-corrected chi connectivity index (χ3v) is 4.88. The molecule has 0 spiro atoms. The molecule has 3 rings (SSSR count). The van der Waals surface area contributed by atoms with E-state index in [0.717, 1.165) is 11.1 Å². The predicted molar refractivity (Wildman–Crippen MR) is 126 cm³/mol. The second kappa shape index (κ2) is 9.58. The summed E-state index contributed by atoms with van der Waals surface area (Å²) >= 11 is 5.92. The molecule has 0 aliphatic carbocycles. The Morgan fingerprint density at radius 3 is 2.10 bits per heavy atom. The largest absolute Gasteiger partial charge is 0.322 e. The van der Waals surface area contributed by atoms with E-state index in [1.165, 1.54) is 6.21 Å². The fraction of sp³-hybridized carbons (Fsp3) is 0.160. The van der Waals surface area contributed by atoms with E-state index in [4.69, 9.17) is 11.6 Å². The molecule has 3 aromatic rings. The lowest BCUT2D eigenvalue weighted by Crippen LogP contribution is -2.18. The molecule has 0 aromatic heterocycles. The van der Waals surface area contributed by atoms with Crippen LogP contribution in [0.15, 0.2) is 77.9 Å². The molecule has 0 fully saturated rings. The highest BCUT2D eigenvalue weighted by Crippen LogP contribution is 2.22. The van der Waals surface area contributed by atoms with Crippen LogP contribution in [-0.2, 0) is 5.41 Å². The molecule has 2 N–H and O–H groups in total. The van der Waals surface area contributed by atoms with Crippen LogP contribution in [0.4, 0.5) is 5.69 Å². The average molecular weight is 434 g/mol. The van der Waals surface area contributed by atoms with Gasteiger partial charge in [-0.25, -0.2) is 5.43 Å². The number of hydrazone groups is 1. The van der Waals surface area contributed by atoms with Gasteiger partial charge in [0.25, 0.3) is 11.8 Å². The van der Waals surface area contributed by atoms with Crippen molar-refractivity contribution in [1.29, 1.82) is 0 Å². The van der Waals surface area contributed by atoms with Gasteiger partial charge in [-0.05, 0) is 65.1 Å². The zero-order chi connectivity index (χ0) is 22.4. The van der Waals surface area contributed by atoms with E-state index in [1.807, 2.05) is 30.3 Å². The van der Waals surface area contributed by atoms with Crippen molar-refractivity contribution >= 4 is 35.3 Å². The zero-order valence-corrected chi connectivity index (χ0v) is 18.4. The molecule has 3 aromatic carbocycles. The number of hydrogen-bond acceptors (Lipinski definition) is 3. The Balaban J connectivity index is 1.58. The fourth-order valence-electron chi connectivity index (χ4n) is 2.85. The number of nitrogens with one attached hydrogen (secondary N) is 2. The van der Waals surface area contributed by atoms with E-state index in [0.29, 0.717) is 21.8 Å². The molecule has 0 aliphatic rings. The van der Waals surface area contributed by atoms with Gasteiger partial charge in [0.05, 0.1) is 6.21 Å². The van der Waals surface area contributed by atoms with Crippen molar-refractivity contribution in [3.05, 3.63) is 100 Å². The van der Waals surface area contributed by atoms with E-state index in [1.54, 1.807) is 42.5 Å². The van der Waals surface area contributed by atoms with Crippen LogP contribution in [0, 0.1) is 0 Å². The van der Waals surface area contributed by atoms with Gasteiger partial charge in [-0.2, -0.15) is 5.10 Å². The van der Waals surface area contributed by atoms with Gasteiger partial charge >= 0.3 is 0 Å². The minimum absolute atomic E-state index is 0.0313. The first kappa shape index (κ1) is 22.2. The number of hydrogen-bond donors (Lipinski definition) is 2. The molecule has 0 bridgehead atoms. The number of amides is 2. The highest BCUT2D eigenvalue weighted by Gasteiger charge is 2.14. The molecular formula is C25H24ClN3O2. The van der Waals surface area contributed by atoms with Gasteiger partial charge < -0.3 is 5.32 Å². The summed E-state index contributed by atoms with van der Waals surface area (Å²) in [6.07, 6.45) is 1.52.